The van der Waals surface area contributed by atoms with E-state index in [1.54, 1.807) is 6.26 Å². The maximum Gasteiger partial charge on any atom is 0.142 e. The predicted octanol–water partition coefficient (Wildman–Crippen LogP) is 6.14. The van der Waals surface area contributed by atoms with E-state index in [1.807, 2.05) is 36.4 Å². The maximum absolute atomic E-state index is 5.69. The fourth-order valence-electron chi connectivity index (χ4n) is 2.03. The van der Waals surface area contributed by atoms with Crippen molar-refractivity contribution in [2.45, 2.75) is 0 Å². The van der Waals surface area contributed by atoms with Crippen LogP contribution in [0.2, 0.25) is 0 Å². The molecule has 0 amide bonds. The van der Waals surface area contributed by atoms with Gasteiger partial charge in [-0.3, -0.25) is 0 Å². The summed E-state index contributed by atoms with van der Waals surface area (Å²) in [6, 6.07) is 18.3. The van der Waals surface area contributed by atoms with Gasteiger partial charge in [-0.1, -0.05) is 62.2 Å². The average molecular weight is 378 g/mol. The summed E-state index contributed by atoms with van der Waals surface area (Å²) < 4.78 is 7.74. The van der Waals surface area contributed by atoms with E-state index in [9.17, 15) is 0 Å². The molecular formula is C16H10Br2O. The second-order valence-corrected chi connectivity index (χ2v) is 5.92. The van der Waals surface area contributed by atoms with Gasteiger partial charge in [-0.15, -0.1) is 0 Å². The molecule has 3 rings (SSSR count). The van der Waals surface area contributed by atoms with E-state index in [1.165, 1.54) is 0 Å². The van der Waals surface area contributed by atoms with Gasteiger partial charge < -0.3 is 4.42 Å². The molecule has 0 atom stereocenters. The molecule has 1 aromatic heterocycles. The van der Waals surface area contributed by atoms with Gasteiger partial charge in [0.25, 0.3) is 0 Å². The van der Waals surface area contributed by atoms with Crippen LogP contribution in [0.5, 0.6) is 0 Å². The minimum Gasteiger partial charge on any atom is -0.464 e. The smallest absolute Gasteiger partial charge is 0.142 e. The largest absolute Gasteiger partial charge is 0.464 e. The lowest BCUT2D eigenvalue weighted by molar-refractivity contribution is 0.582. The SMILES string of the molecule is Brc1ccc(Br)c(-c2occc2-c2ccccc2)c1. The predicted molar refractivity (Wildman–Crippen MR) is 85.0 cm³/mol. The van der Waals surface area contributed by atoms with Crippen LogP contribution in [0.3, 0.4) is 0 Å². The Balaban J connectivity index is 2.18. The second-order valence-electron chi connectivity index (χ2n) is 4.15. The third-order valence-corrected chi connectivity index (χ3v) is 4.11. The summed E-state index contributed by atoms with van der Waals surface area (Å²) in [5, 5.41) is 0. The van der Waals surface area contributed by atoms with Crippen LogP contribution in [0.15, 0.2) is 74.2 Å². The maximum atomic E-state index is 5.69. The van der Waals surface area contributed by atoms with Crippen molar-refractivity contribution in [2.24, 2.45) is 0 Å². The van der Waals surface area contributed by atoms with Crippen molar-refractivity contribution in [2.75, 3.05) is 0 Å². The number of halogens is 2. The van der Waals surface area contributed by atoms with E-state index in [4.69, 9.17) is 4.42 Å². The molecule has 0 spiro atoms. The fraction of sp³-hybridized carbons (Fsp3) is 0. The molecule has 0 aliphatic heterocycles. The standard InChI is InChI=1S/C16H10Br2O/c17-12-6-7-15(18)14(10-12)16-13(8-9-19-16)11-4-2-1-3-5-11/h1-10H. The van der Waals surface area contributed by atoms with Gasteiger partial charge in [0.05, 0.1) is 6.26 Å². The molecule has 0 aliphatic carbocycles. The number of furan rings is 1. The second kappa shape index (κ2) is 5.35. The number of hydrogen-bond acceptors (Lipinski definition) is 1. The van der Waals surface area contributed by atoms with Crippen LogP contribution < -0.4 is 0 Å². The highest BCUT2D eigenvalue weighted by molar-refractivity contribution is 9.11. The fourth-order valence-corrected chi connectivity index (χ4v) is 2.82. The van der Waals surface area contributed by atoms with Crippen molar-refractivity contribution in [1.82, 2.24) is 0 Å². The van der Waals surface area contributed by atoms with Crippen LogP contribution in [-0.4, -0.2) is 0 Å². The zero-order valence-corrected chi connectivity index (χ0v) is 13.1. The Hall–Kier alpha value is -1.32. The molecule has 0 N–H and O–H groups in total. The summed E-state index contributed by atoms with van der Waals surface area (Å²) in [5.41, 5.74) is 3.29. The molecule has 0 saturated heterocycles. The highest BCUT2D eigenvalue weighted by Gasteiger charge is 2.13. The molecule has 0 fully saturated rings. The minimum absolute atomic E-state index is 0.874. The molecule has 0 saturated carbocycles. The summed E-state index contributed by atoms with van der Waals surface area (Å²) in [5.74, 6) is 0.874. The van der Waals surface area contributed by atoms with Crippen LogP contribution in [0.25, 0.3) is 22.5 Å². The zero-order valence-electron chi connectivity index (χ0n) is 9.94. The summed E-state index contributed by atoms with van der Waals surface area (Å²) in [4.78, 5) is 0. The first-order valence-corrected chi connectivity index (χ1v) is 7.42. The van der Waals surface area contributed by atoms with Crippen LogP contribution >= 0.6 is 31.9 Å². The van der Waals surface area contributed by atoms with Crippen molar-refractivity contribution in [3.63, 3.8) is 0 Å². The lowest BCUT2D eigenvalue weighted by atomic mass is 10.0. The van der Waals surface area contributed by atoms with Crippen molar-refractivity contribution >= 4 is 31.9 Å². The lowest BCUT2D eigenvalue weighted by Gasteiger charge is -2.06. The van der Waals surface area contributed by atoms with E-state index in [2.05, 4.69) is 50.1 Å². The van der Waals surface area contributed by atoms with Gasteiger partial charge in [0.15, 0.2) is 0 Å². The summed E-state index contributed by atoms with van der Waals surface area (Å²) >= 11 is 7.08. The van der Waals surface area contributed by atoms with E-state index in [0.717, 1.165) is 31.4 Å². The highest BCUT2D eigenvalue weighted by atomic mass is 79.9. The molecule has 0 unspecified atom stereocenters. The quantitative estimate of drug-likeness (QED) is 0.522. The summed E-state index contributed by atoms with van der Waals surface area (Å²) in [6.45, 7) is 0. The number of hydrogen-bond donors (Lipinski definition) is 0. The van der Waals surface area contributed by atoms with Crippen molar-refractivity contribution in [3.05, 3.63) is 69.8 Å². The van der Waals surface area contributed by atoms with Crippen molar-refractivity contribution in [1.29, 1.82) is 0 Å². The molecule has 19 heavy (non-hydrogen) atoms. The minimum atomic E-state index is 0.874. The molecule has 0 aliphatic rings. The summed E-state index contributed by atoms with van der Waals surface area (Å²) in [6.07, 6.45) is 1.73. The van der Waals surface area contributed by atoms with Gasteiger partial charge in [-0.25, -0.2) is 0 Å². The zero-order chi connectivity index (χ0) is 13.2. The van der Waals surface area contributed by atoms with Crippen LogP contribution in [0, 0.1) is 0 Å². The Labute approximate surface area is 128 Å². The van der Waals surface area contributed by atoms with Crippen LogP contribution in [0.4, 0.5) is 0 Å². The van der Waals surface area contributed by atoms with Crippen molar-refractivity contribution < 1.29 is 4.42 Å². The molecule has 1 heterocycles. The Kier molecular flexibility index (Phi) is 3.58. The van der Waals surface area contributed by atoms with E-state index >= 15 is 0 Å². The molecule has 3 heteroatoms. The van der Waals surface area contributed by atoms with E-state index in [0.29, 0.717) is 0 Å². The average Bonchev–Trinajstić information content (AvgIpc) is 2.91. The Morgan fingerprint density at radius 2 is 1.58 bits per heavy atom. The molecule has 3 aromatic rings. The van der Waals surface area contributed by atoms with E-state index < -0.39 is 0 Å². The first kappa shape index (κ1) is 12.7. The lowest BCUT2D eigenvalue weighted by Crippen LogP contribution is -1.82. The molecule has 0 radical (unpaired) electrons. The number of benzene rings is 2. The van der Waals surface area contributed by atoms with Gasteiger partial charge in [-0.2, -0.15) is 0 Å². The normalized spacial score (nSPS) is 10.6. The number of rotatable bonds is 2. The van der Waals surface area contributed by atoms with Crippen LogP contribution in [0.1, 0.15) is 0 Å². The molecule has 2 aromatic carbocycles. The first-order valence-electron chi connectivity index (χ1n) is 5.84. The monoisotopic (exact) mass is 376 g/mol. The Bertz CT molecular complexity index is 702. The highest BCUT2D eigenvalue weighted by Crippen LogP contribution is 2.38. The molecule has 0 bridgehead atoms. The molecule has 94 valence electrons. The Morgan fingerprint density at radius 1 is 0.789 bits per heavy atom. The van der Waals surface area contributed by atoms with Crippen LogP contribution in [-0.2, 0) is 0 Å². The Morgan fingerprint density at radius 3 is 2.37 bits per heavy atom. The third-order valence-electron chi connectivity index (χ3n) is 2.92. The topological polar surface area (TPSA) is 13.1 Å². The van der Waals surface area contributed by atoms with E-state index in [-0.39, 0.29) is 0 Å². The summed E-state index contributed by atoms with van der Waals surface area (Å²) in [7, 11) is 0. The van der Waals surface area contributed by atoms with Gasteiger partial charge in [0.2, 0.25) is 0 Å². The van der Waals surface area contributed by atoms with Gasteiger partial charge in [0.1, 0.15) is 5.76 Å². The third kappa shape index (κ3) is 2.53. The van der Waals surface area contributed by atoms with Gasteiger partial charge in [0, 0.05) is 20.1 Å². The first-order chi connectivity index (χ1) is 9.25. The van der Waals surface area contributed by atoms with Crippen molar-refractivity contribution in [3.8, 4) is 22.5 Å². The molecule has 1 nitrogen and oxygen atoms in total. The van der Waals surface area contributed by atoms with Gasteiger partial charge in [-0.05, 0) is 29.8 Å². The molecular weight excluding hydrogens is 368 g/mol. The van der Waals surface area contributed by atoms with Gasteiger partial charge >= 0.3 is 0 Å².